The first-order valence-electron chi connectivity index (χ1n) is 6.52. The SMILES string of the molecule is CCNS(=O)(=O)CCn1c(C)nc2c(C(=O)O)cccc21. The van der Waals surface area contributed by atoms with Gasteiger partial charge in [0.25, 0.3) is 0 Å². The third-order valence-corrected chi connectivity index (χ3v) is 4.60. The van der Waals surface area contributed by atoms with Crippen LogP contribution in [0.4, 0.5) is 0 Å². The molecule has 0 aliphatic heterocycles. The van der Waals surface area contributed by atoms with E-state index in [1.165, 1.54) is 6.07 Å². The number of nitrogens with one attached hydrogen (secondary N) is 1. The Morgan fingerprint density at radius 1 is 1.43 bits per heavy atom. The van der Waals surface area contributed by atoms with Crippen LogP contribution in [0, 0.1) is 6.92 Å². The lowest BCUT2D eigenvalue weighted by Gasteiger charge is -2.08. The maximum atomic E-state index is 11.7. The number of sulfonamides is 1. The number of rotatable bonds is 6. The smallest absolute Gasteiger partial charge is 0.337 e. The number of para-hydroxylation sites is 1. The Kier molecular flexibility index (Phi) is 4.29. The van der Waals surface area contributed by atoms with E-state index in [-0.39, 0.29) is 17.9 Å². The van der Waals surface area contributed by atoms with Crippen molar-refractivity contribution in [3.8, 4) is 0 Å². The quantitative estimate of drug-likeness (QED) is 0.828. The Balaban J connectivity index is 2.39. The molecule has 1 aromatic heterocycles. The molecule has 8 heteroatoms. The summed E-state index contributed by atoms with van der Waals surface area (Å²) in [6, 6.07) is 4.85. The zero-order chi connectivity index (χ0) is 15.6. The molecule has 21 heavy (non-hydrogen) atoms. The van der Waals surface area contributed by atoms with Crippen LogP contribution in [0.25, 0.3) is 11.0 Å². The molecule has 0 unspecified atom stereocenters. The lowest BCUT2D eigenvalue weighted by molar-refractivity contribution is 0.0699. The predicted octanol–water partition coefficient (Wildman–Crippen LogP) is 0.982. The predicted molar refractivity (Wildman–Crippen MR) is 78.9 cm³/mol. The minimum atomic E-state index is -3.33. The van der Waals surface area contributed by atoms with Crippen LogP contribution in [-0.4, -0.2) is 41.3 Å². The molecule has 1 heterocycles. The molecular formula is C13H17N3O4S. The molecule has 0 aliphatic carbocycles. The Hall–Kier alpha value is -1.93. The number of hydrogen-bond acceptors (Lipinski definition) is 4. The summed E-state index contributed by atoms with van der Waals surface area (Å²) in [7, 11) is -3.33. The largest absolute Gasteiger partial charge is 0.478 e. The molecule has 7 nitrogen and oxygen atoms in total. The van der Waals surface area contributed by atoms with E-state index in [0.29, 0.717) is 23.4 Å². The summed E-state index contributed by atoms with van der Waals surface area (Å²) >= 11 is 0. The highest BCUT2D eigenvalue weighted by Crippen LogP contribution is 2.20. The summed E-state index contributed by atoms with van der Waals surface area (Å²) in [5, 5.41) is 9.16. The number of imidazole rings is 1. The third kappa shape index (κ3) is 3.22. The van der Waals surface area contributed by atoms with Gasteiger partial charge in [-0.05, 0) is 19.1 Å². The lowest BCUT2D eigenvalue weighted by atomic mass is 10.2. The van der Waals surface area contributed by atoms with Crippen molar-refractivity contribution in [3.63, 3.8) is 0 Å². The van der Waals surface area contributed by atoms with Gasteiger partial charge < -0.3 is 9.67 Å². The van der Waals surface area contributed by atoms with Crippen molar-refractivity contribution in [2.45, 2.75) is 20.4 Å². The number of hydrogen-bond donors (Lipinski definition) is 2. The van der Waals surface area contributed by atoms with E-state index in [1.54, 1.807) is 30.5 Å². The van der Waals surface area contributed by atoms with Gasteiger partial charge in [-0.25, -0.2) is 22.9 Å². The summed E-state index contributed by atoms with van der Waals surface area (Å²) < 4.78 is 27.6. The van der Waals surface area contributed by atoms with E-state index in [1.807, 2.05) is 0 Å². The van der Waals surface area contributed by atoms with Gasteiger partial charge in [-0.2, -0.15) is 0 Å². The normalized spacial score (nSPS) is 11.9. The van der Waals surface area contributed by atoms with Crippen molar-refractivity contribution < 1.29 is 18.3 Å². The molecule has 0 atom stereocenters. The molecule has 2 rings (SSSR count). The zero-order valence-corrected chi connectivity index (χ0v) is 12.6. The summed E-state index contributed by atoms with van der Waals surface area (Å²) in [4.78, 5) is 15.4. The van der Waals surface area contributed by atoms with Crippen molar-refractivity contribution in [2.24, 2.45) is 0 Å². The van der Waals surface area contributed by atoms with Gasteiger partial charge in [0.1, 0.15) is 11.3 Å². The first kappa shape index (κ1) is 15.5. The number of carboxylic acids is 1. The molecule has 0 fully saturated rings. The van der Waals surface area contributed by atoms with Crippen LogP contribution >= 0.6 is 0 Å². The van der Waals surface area contributed by atoms with E-state index >= 15 is 0 Å². The minimum absolute atomic E-state index is 0.0789. The van der Waals surface area contributed by atoms with Crippen LogP contribution in [0.5, 0.6) is 0 Å². The number of fused-ring (bicyclic) bond motifs is 1. The van der Waals surface area contributed by atoms with Crippen LogP contribution in [0.3, 0.4) is 0 Å². The van der Waals surface area contributed by atoms with Gasteiger partial charge in [-0.15, -0.1) is 0 Å². The fraction of sp³-hybridized carbons (Fsp3) is 0.385. The Bertz CT molecular complexity index is 780. The van der Waals surface area contributed by atoms with Crippen molar-refractivity contribution in [3.05, 3.63) is 29.6 Å². The van der Waals surface area contributed by atoms with Crippen LogP contribution in [-0.2, 0) is 16.6 Å². The average Bonchev–Trinajstić information content (AvgIpc) is 2.71. The summed E-state index contributed by atoms with van der Waals surface area (Å²) in [6.45, 7) is 4.01. The average molecular weight is 311 g/mol. The summed E-state index contributed by atoms with van der Waals surface area (Å²) in [5.74, 6) is -0.541. The van der Waals surface area contributed by atoms with Gasteiger partial charge in [0.15, 0.2) is 0 Å². The standard InChI is InChI=1S/C13H17N3O4S/c1-3-14-21(19,20)8-7-16-9(2)15-12-10(13(17)18)5-4-6-11(12)16/h4-6,14H,3,7-8H2,1-2H3,(H,17,18). The van der Waals surface area contributed by atoms with E-state index < -0.39 is 16.0 Å². The highest BCUT2D eigenvalue weighted by Gasteiger charge is 2.16. The number of carbonyl (C=O) groups is 1. The first-order chi connectivity index (χ1) is 9.85. The second-order valence-corrected chi connectivity index (χ2v) is 6.53. The van der Waals surface area contributed by atoms with E-state index in [9.17, 15) is 13.2 Å². The Labute approximate surface area is 122 Å². The van der Waals surface area contributed by atoms with Crippen molar-refractivity contribution in [1.29, 1.82) is 0 Å². The molecule has 0 bridgehead atoms. The molecule has 2 aromatic rings. The number of benzene rings is 1. The molecule has 0 spiro atoms. The minimum Gasteiger partial charge on any atom is -0.478 e. The van der Waals surface area contributed by atoms with Gasteiger partial charge >= 0.3 is 5.97 Å². The number of aromatic carboxylic acids is 1. The number of carboxylic acid groups (broad SMARTS) is 1. The summed E-state index contributed by atoms with van der Waals surface area (Å²) in [5.41, 5.74) is 1.12. The van der Waals surface area contributed by atoms with E-state index in [2.05, 4.69) is 9.71 Å². The number of nitrogens with zero attached hydrogens (tertiary/aromatic N) is 2. The zero-order valence-electron chi connectivity index (χ0n) is 11.8. The van der Waals surface area contributed by atoms with E-state index in [0.717, 1.165) is 0 Å². The van der Waals surface area contributed by atoms with Crippen molar-refractivity contribution in [1.82, 2.24) is 14.3 Å². The maximum Gasteiger partial charge on any atom is 0.337 e. The van der Waals surface area contributed by atoms with Gasteiger partial charge in [-0.1, -0.05) is 13.0 Å². The van der Waals surface area contributed by atoms with Crippen molar-refractivity contribution in [2.75, 3.05) is 12.3 Å². The fourth-order valence-corrected chi connectivity index (χ4v) is 3.23. The van der Waals surface area contributed by atoms with Crippen LogP contribution in [0.15, 0.2) is 18.2 Å². The van der Waals surface area contributed by atoms with Gasteiger partial charge in [0.2, 0.25) is 10.0 Å². The lowest BCUT2D eigenvalue weighted by Crippen LogP contribution is -2.28. The number of aromatic nitrogens is 2. The highest BCUT2D eigenvalue weighted by atomic mass is 32.2. The summed E-state index contributed by atoms with van der Waals surface area (Å²) in [6.07, 6.45) is 0. The monoisotopic (exact) mass is 311 g/mol. The first-order valence-corrected chi connectivity index (χ1v) is 8.17. The highest BCUT2D eigenvalue weighted by molar-refractivity contribution is 7.89. The van der Waals surface area contributed by atoms with E-state index in [4.69, 9.17) is 5.11 Å². The molecular weight excluding hydrogens is 294 g/mol. The van der Waals surface area contributed by atoms with Crippen LogP contribution in [0.1, 0.15) is 23.1 Å². The van der Waals surface area contributed by atoms with Gasteiger partial charge in [-0.3, -0.25) is 0 Å². The van der Waals surface area contributed by atoms with Gasteiger partial charge in [0, 0.05) is 13.1 Å². The Morgan fingerprint density at radius 3 is 2.76 bits per heavy atom. The second-order valence-electron chi connectivity index (χ2n) is 4.61. The van der Waals surface area contributed by atoms with Crippen molar-refractivity contribution >= 4 is 27.0 Å². The fourth-order valence-electron chi connectivity index (χ4n) is 2.22. The van der Waals surface area contributed by atoms with Crippen LogP contribution in [0.2, 0.25) is 0 Å². The maximum absolute atomic E-state index is 11.7. The molecule has 0 aliphatic rings. The Morgan fingerprint density at radius 2 is 2.14 bits per heavy atom. The molecule has 114 valence electrons. The third-order valence-electron chi connectivity index (χ3n) is 3.15. The second kappa shape index (κ2) is 5.82. The molecule has 0 saturated carbocycles. The number of aryl methyl sites for hydroxylation is 2. The molecule has 0 radical (unpaired) electrons. The van der Waals surface area contributed by atoms with Crippen LogP contribution < -0.4 is 4.72 Å². The molecule has 1 aromatic carbocycles. The molecule has 0 amide bonds. The van der Waals surface area contributed by atoms with Gasteiger partial charge in [0.05, 0.1) is 16.8 Å². The topological polar surface area (TPSA) is 101 Å². The molecule has 0 saturated heterocycles. The molecule has 2 N–H and O–H groups in total.